The van der Waals surface area contributed by atoms with Crippen LogP contribution in [0, 0.1) is 0 Å². The molecule has 7 rings (SSSR count). The van der Waals surface area contributed by atoms with Crippen LogP contribution in [0.1, 0.15) is 40.2 Å². The summed E-state index contributed by atoms with van der Waals surface area (Å²) in [6.45, 7) is 1.68. The second-order valence-electron chi connectivity index (χ2n) is 11.6. The minimum Gasteiger partial charge on any atom is -0.476 e. The quantitative estimate of drug-likeness (QED) is 0.165. The number of hydrazine groups is 1. The number of rotatable bonds is 7. The van der Waals surface area contributed by atoms with E-state index in [1.807, 2.05) is 47.5 Å². The van der Waals surface area contributed by atoms with Gasteiger partial charge in [0.1, 0.15) is 5.69 Å². The largest absolute Gasteiger partial charge is 0.476 e. The zero-order valence-corrected chi connectivity index (χ0v) is 30.5. The maximum atomic E-state index is 12.8. The number of carbonyl (C=O) groups excluding carboxylic acids is 1. The Hall–Kier alpha value is -4.90. The van der Waals surface area contributed by atoms with E-state index in [-0.39, 0.29) is 17.3 Å². The molecule has 0 atom stereocenters. The van der Waals surface area contributed by atoms with Gasteiger partial charge >= 0.3 is 5.97 Å². The molecule has 0 radical (unpaired) electrons. The van der Waals surface area contributed by atoms with Crippen LogP contribution in [0.4, 0.5) is 0 Å². The normalized spacial score (nSPS) is 12.8. The lowest BCUT2D eigenvalue weighted by atomic mass is 10.0. The van der Waals surface area contributed by atoms with Gasteiger partial charge in [0.05, 0.1) is 55.3 Å². The lowest BCUT2D eigenvalue weighted by Crippen LogP contribution is -2.45. The van der Waals surface area contributed by atoms with Gasteiger partial charge in [0, 0.05) is 35.3 Å². The number of aromatic carboxylic acids is 1. The molecule has 4 aromatic carbocycles. The minimum absolute atomic E-state index is 0.157. The summed E-state index contributed by atoms with van der Waals surface area (Å²) in [5.74, 6) is -1.44. The van der Waals surface area contributed by atoms with Crippen LogP contribution in [0.3, 0.4) is 0 Å². The molecule has 52 heavy (non-hydrogen) atoms. The number of halogens is 4. The van der Waals surface area contributed by atoms with E-state index >= 15 is 0 Å². The summed E-state index contributed by atoms with van der Waals surface area (Å²) in [6, 6.07) is 29.0. The zero-order valence-electron chi connectivity index (χ0n) is 27.4. The summed E-state index contributed by atoms with van der Waals surface area (Å²) in [5, 5.41) is 13.2. The fraction of sp³-hybridized carbons (Fsp3) is 0.128. The highest BCUT2D eigenvalue weighted by molar-refractivity contribution is 6.35. The molecule has 0 spiro atoms. The maximum absolute atomic E-state index is 12.8. The van der Waals surface area contributed by atoms with E-state index in [1.165, 1.54) is 18.8 Å². The molecule has 6 aromatic rings. The number of carbonyl (C=O) groups is 2. The topological polar surface area (TPSA) is 121 Å². The van der Waals surface area contributed by atoms with Crippen LogP contribution in [0.5, 0.6) is 0 Å². The number of hydrogen-bond donors (Lipinski definition) is 2. The SMILES string of the molecule is O=C(NN1CCCCC1)c1cnc(-c2ccccc2Cl)c(-c2ccccc2Cl)n1.O=C(O)c1cnc(-c2ccccc2Cl)c(-c2ccccc2Cl)n1. The number of nitrogens with zero attached hydrogens (tertiary/aromatic N) is 5. The van der Waals surface area contributed by atoms with Gasteiger partial charge in [-0.1, -0.05) is 126 Å². The van der Waals surface area contributed by atoms with Gasteiger partial charge in [0.25, 0.3) is 5.91 Å². The first-order chi connectivity index (χ1) is 25.2. The Balaban J connectivity index is 0.000000183. The molecule has 0 saturated carbocycles. The molecule has 1 saturated heterocycles. The van der Waals surface area contributed by atoms with Crippen molar-refractivity contribution in [2.45, 2.75) is 19.3 Å². The highest BCUT2D eigenvalue weighted by Crippen LogP contribution is 2.37. The molecule has 2 aromatic heterocycles. The molecule has 3 heterocycles. The summed E-state index contributed by atoms with van der Waals surface area (Å²) >= 11 is 25.3. The van der Waals surface area contributed by atoms with Gasteiger partial charge in [0.2, 0.25) is 0 Å². The van der Waals surface area contributed by atoms with Crippen molar-refractivity contribution >= 4 is 58.3 Å². The van der Waals surface area contributed by atoms with Gasteiger partial charge in [0.15, 0.2) is 5.69 Å². The molecule has 0 bridgehead atoms. The number of nitrogens with one attached hydrogen (secondary N) is 1. The Bertz CT molecular complexity index is 2250. The smallest absolute Gasteiger partial charge is 0.356 e. The highest BCUT2D eigenvalue weighted by Gasteiger charge is 2.21. The summed E-state index contributed by atoms with van der Waals surface area (Å²) < 4.78 is 0. The minimum atomic E-state index is -1.16. The first kappa shape index (κ1) is 36.9. The standard InChI is InChI=1S/C22H20Cl2N4O.C17H10Cl2N2O2/c23-17-10-4-2-8-15(17)20-21(16-9-3-5-11-18(16)24)26-19(14-25-20)22(29)27-28-12-6-1-7-13-28;18-12-7-3-1-5-10(12)15-16(11-6-2-4-8-13(11)19)21-14(9-20-15)17(22)23/h2-5,8-11,14H,1,6-7,12-13H2,(H,27,29);1-9H,(H,22,23). The average molecular weight is 773 g/mol. The number of piperidine rings is 1. The van der Waals surface area contributed by atoms with Gasteiger partial charge < -0.3 is 5.11 Å². The first-order valence-electron chi connectivity index (χ1n) is 16.2. The van der Waals surface area contributed by atoms with Gasteiger partial charge in [-0.15, -0.1) is 0 Å². The Morgan fingerprint density at radius 2 is 0.904 bits per heavy atom. The van der Waals surface area contributed by atoms with Crippen molar-refractivity contribution in [2.75, 3.05) is 13.1 Å². The molecular weight excluding hydrogens is 742 g/mol. The monoisotopic (exact) mass is 770 g/mol. The molecule has 0 aliphatic carbocycles. The third-order valence-electron chi connectivity index (χ3n) is 8.13. The number of carboxylic acids is 1. The molecule has 2 N–H and O–H groups in total. The summed E-state index contributed by atoms with van der Waals surface area (Å²) in [6.07, 6.45) is 6.03. The van der Waals surface area contributed by atoms with Crippen LogP contribution in [-0.2, 0) is 0 Å². The molecule has 0 unspecified atom stereocenters. The van der Waals surface area contributed by atoms with E-state index in [9.17, 15) is 14.7 Å². The van der Waals surface area contributed by atoms with Crippen LogP contribution >= 0.6 is 46.4 Å². The van der Waals surface area contributed by atoms with Crippen molar-refractivity contribution in [1.82, 2.24) is 30.4 Å². The fourth-order valence-corrected chi connectivity index (χ4v) is 6.48. The van der Waals surface area contributed by atoms with Crippen LogP contribution in [0.15, 0.2) is 109 Å². The number of benzene rings is 4. The van der Waals surface area contributed by atoms with Crippen LogP contribution in [0.25, 0.3) is 45.0 Å². The molecule has 1 aliphatic rings. The third kappa shape index (κ3) is 8.58. The zero-order chi connectivity index (χ0) is 36.6. The number of carboxylic acid groups (broad SMARTS) is 1. The Kier molecular flexibility index (Phi) is 12.1. The average Bonchev–Trinajstić information content (AvgIpc) is 3.16. The van der Waals surface area contributed by atoms with Gasteiger partial charge in [-0.3, -0.25) is 20.2 Å². The van der Waals surface area contributed by atoms with E-state index < -0.39 is 5.97 Å². The highest BCUT2D eigenvalue weighted by atomic mass is 35.5. The van der Waals surface area contributed by atoms with Gasteiger partial charge in [-0.25, -0.2) is 19.8 Å². The number of aromatic nitrogens is 4. The Morgan fingerprint density at radius 1 is 0.538 bits per heavy atom. The van der Waals surface area contributed by atoms with E-state index in [4.69, 9.17) is 46.4 Å². The van der Waals surface area contributed by atoms with Crippen LogP contribution < -0.4 is 5.43 Å². The van der Waals surface area contributed by atoms with Crippen molar-refractivity contribution < 1.29 is 14.7 Å². The van der Waals surface area contributed by atoms with Gasteiger partial charge in [-0.2, -0.15) is 0 Å². The van der Waals surface area contributed by atoms with E-state index in [0.717, 1.165) is 31.5 Å². The molecule has 1 amide bonds. The second-order valence-corrected chi connectivity index (χ2v) is 13.2. The second kappa shape index (κ2) is 17.1. The summed E-state index contributed by atoms with van der Waals surface area (Å²) in [5.41, 5.74) is 7.67. The molecule has 1 fully saturated rings. The van der Waals surface area contributed by atoms with Crippen molar-refractivity contribution in [2.24, 2.45) is 0 Å². The molecule has 13 heteroatoms. The summed E-state index contributed by atoms with van der Waals surface area (Å²) in [4.78, 5) is 41.7. The van der Waals surface area contributed by atoms with Crippen LogP contribution in [0.2, 0.25) is 20.1 Å². The van der Waals surface area contributed by atoms with E-state index in [0.29, 0.717) is 59.6 Å². The molecule has 262 valence electrons. The Labute approximate surface area is 320 Å². The fourth-order valence-electron chi connectivity index (χ4n) is 5.58. The lowest BCUT2D eigenvalue weighted by Gasteiger charge is -2.26. The van der Waals surface area contributed by atoms with E-state index in [1.54, 1.807) is 54.6 Å². The molecule has 9 nitrogen and oxygen atoms in total. The Morgan fingerprint density at radius 3 is 1.31 bits per heavy atom. The van der Waals surface area contributed by atoms with Gasteiger partial charge in [-0.05, 0) is 37.1 Å². The van der Waals surface area contributed by atoms with Crippen molar-refractivity contribution in [1.29, 1.82) is 0 Å². The molecule has 1 aliphatic heterocycles. The van der Waals surface area contributed by atoms with Crippen molar-refractivity contribution in [3.05, 3.63) is 141 Å². The van der Waals surface area contributed by atoms with Crippen molar-refractivity contribution in [3.8, 4) is 45.0 Å². The van der Waals surface area contributed by atoms with Crippen LogP contribution in [-0.4, -0.2) is 55.0 Å². The number of amides is 1. The predicted molar refractivity (Wildman–Crippen MR) is 206 cm³/mol. The van der Waals surface area contributed by atoms with Crippen molar-refractivity contribution in [3.63, 3.8) is 0 Å². The maximum Gasteiger partial charge on any atom is 0.356 e. The number of hydrogen-bond acceptors (Lipinski definition) is 7. The molecular formula is C39H30Cl4N6O3. The van der Waals surface area contributed by atoms with E-state index in [2.05, 4.69) is 25.4 Å². The summed E-state index contributed by atoms with van der Waals surface area (Å²) in [7, 11) is 0. The first-order valence-corrected chi connectivity index (χ1v) is 17.8. The third-order valence-corrected chi connectivity index (χ3v) is 9.45. The predicted octanol–water partition coefficient (Wildman–Crippen LogP) is 10.1. The lowest BCUT2D eigenvalue weighted by molar-refractivity contribution is 0.0688.